The molecule has 0 unspecified atom stereocenters. The van der Waals surface area contributed by atoms with Gasteiger partial charge in [-0.1, -0.05) is 6.07 Å². The molecule has 0 aromatic heterocycles. The van der Waals surface area contributed by atoms with Crippen LogP contribution >= 0.6 is 0 Å². The van der Waals surface area contributed by atoms with Gasteiger partial charge in [-0.05, 0) is 12.1 Å². The minimum Gasteiger partial charge on any atom is -0.478 e. The Kier molecular flexibility index (Phi) is 2.40. The van der Waals surface area contributed by atoms with Crippen LogP contribution in [0.3, 0.4) is 0 Å². The third-order valence-corrected chi connectivity index (χ3v) is 1.52. The number of benzene rings is 1. The Hall–Kier alpha value is -1.42. The smallest absolute Gasteiger partial charge is 0.335 e. The zero-order valence-corrected chi connectivity index (χ0v) is 6.25. The van der Waals surface area contributed by atoms with Crippen molar-refractivity contribution in [3.8, 4) is 0 Å². The molecule has 0 fully saturated rings. The van der Waals surface area contributed by atoms with E-state index in [1.807, 2.05) is 0 Å². The van der Waals surface area contributed by atoms with Gasteiger partial charge in [-0.3, -0.25) is 0 Å². The summed E-state index contributed by atoms with van der Waals surface area (Å²) in [6.45, 7) is 0.0751. The van der Waals surface area contributed by atoms with E-state index < -0.39 is 11.8 Å². The van der Waals surface area contributed by atoms with Crippen LogP contribution in [0.1, 0.15) is 15.9 Å². The highest BCUT2D eigenvalue weighted by atomic mass is 19.1. The van der Waals surface area contributed by atoms with E-state index in [9.17, 15) is 9.18 Å². The van der Waals surface area contributed by atoms with Crippen molar-refractivity contribution in [2.75, 3.05) is 0 Å². The highest BCUT2D eigenvalue weighted by Gasteiger charge is 2.06. The molecule has 0 bridgehead atoms. The lowest BCUT2D eigenvalue weighted by Gasteiger charge is -1.99. The molecular formula is C8H8FNO2. The van der Waals surface area contributed by atoms with E-state index in [2.05, 4.69) is 0 Å². The van der Waals surface area contributed by atoms with Crippen LogP contribution in [0.4, 0.5) is 4.39 Å². The number of hydrogen-bond acceptors (Lipinski definition) is 2. The summed E-state index contributed by atoms with van der Waals surface area (Å²) in [6.07, 6.45) is 0. The van der Waals surface area contributed by atoms with E-state index in [-0.39, 0.29) is 12.1 Å². The zero-order valence-electron chi connectivity index (χ0n) is 6.25. The molecule has 0 atom stereocenters. The van der Waals surface area contributed by atoms with Crippen molar-refractivity contribution in [2.24, 2.45) is 5.73 Å². The Labute approximate surface area is 68.6 Å². The molecule has 0 aliphatic rings. The van der Waals surface area contributed by atoms with E-state index >= 15 is 0 Å². The molecule has 0 saturated heterocycles. The first-order valence-corrected chi connectivity index (χ1v) is 3.37. The maximum atomic E-state index is 12.9. The van der Waals surface area contributed by atoms with Gasteiger partial charge in [0, 0.05) is 12.1 Å². The molecule has 3 nitrogen and oxygen atoms in total. The summed E-state index contributed by atoms with van der Waals surface area (Å²) < 4.78 is 12.9. The highest BCUT2D eigenvalue weighted by Crippen LogP contribution is 2.09. The Morgan fingerprint density at radius 1 is 1.58 bits per heavy atom. The molecule has 4 heteroatoms. The molecule has 0 aliphatic heterocycles. The van der Waals surface area contributed by atoms with Gasteiger partial charge in [0.15, 0.2) is 0 Å². The van der Waals surface area contributed by atoms with Crippen molar-refractivity contribution >= 4 is 5.97 Å². The van der Waals surface area contributed by atoms with Crippen LogP contribution in [0.2, 0.25) is 0 Å². The van der Waals surface area contributed by atoms with Crippen molar-refractivity contribution in [3.05, 3.63) is 35.1 Å². The second-order valence-corrected chi connectivity index (χ2v) is 2.32. The first kappa shape index (κ1) is 8.67. The van der Waals surface area contributed by atoms with Gasteiger partial charge >= 0.3 is 5.97 Å². The Balaban J connectivity index is 3.10. The van der Waals surface area contributed by atoms with E-state index in [4.69, 9.17) is 10.8 Å². The van der Waals surface area contributed by atoms with Crippen LogP contribution in [0.25, 0.3) is 0 Å². The molecule has 1 rings (SSSR count). The molecule has 0 aliphatic carbocycles. The van der Waals surface area contributed by atoms with Crippen molar-refractivity contribution in [3.63, 3.8) is 0 Å². The third-order valence-electron chi connectivity index (χ3n) is 1.52. The van der Waals surface area contributed by atoms with Gasteiger partial charge in [0.25, 0.3) is 0 Å². The topological polar surface area (TPSA) is 63.3 Å². The van der Waals surface area contributed by atoms with Gasteiger partial charge in [0.2, 0.25) is 0 Å². The highest BCUT2D eigenvalue weighted by molar-refractivity contribution is 5.87. The third kappa shape index (κ3) is 1.60. The number of halogens is 1. The average Bonchev–Trinajstić information content (AvgIpc) is 2.04. The lowest BCUT2D eigenvalue weighted by atomic mass is 10.1. The SMILES string of the molecule is NCc1ccc(C(=O)O)cc1F. The summed E-state index contributed by atoms with van der Waals surface area (Å²) in [4.78, 5) is 10.4. The molecule has 0 heterocycles. The fourth-order valence-corrected chi connectivity index (χ4v) is 0.846. The van der Waals surface area contributed by atoms with Crippen LogP contribution in [-0.2, 0) is 6.54 Å². The molecule has 3 N–H and O–H groups in total. The summed E-state index contributed by atoms with van der Waals surface area (Å²) in [7, 11) is 0. The number of carboxylic acid groups (broad SMARTS) is 1. The van der Waals surface area contributed by atoms with Crippen LogP contribution in [-0.4, -0.2) is 11.1 Å². The Bertz CT molecular complexity index is 312. The standard InChI is InChI=1S/C8H8FNO2/c9-7-3-5(8(11)12)1-2-6(7)4-10/h1-3H,4,10H2,(H,11,12). The molecule has 12 heavy (non-hydrogen) atoms. The summed E-state index contributed by atoms with van der Waals surface area (Å²) in [5, 5.41) is 8.47. The molecule has 1 aromatic rings. The van der Waals surface area contributed by atoms with Gasteiger partial charge in [-0.25, -0.2) is 9.18 Å². The quantitative estimate of drug-likeness (QED) is 0.693. The summed E-state index contributed by atoms with van der Waals surface area (Å²) in [5.41, 5.74) is 5.44. The Morgan fingerprint density at radius 2 is 2.25 bits per heavy atom. The minimum atomic E-state index is -1.14. The lowest BCUT2D eigenvalue weighted by molar-refractivity contribution is 0.0696. The van der Waals surface area contributed by atoms with Gasteiger partial charge in [0.1, 0.15) is 5.82 Å². The summed E-state index contributed by atoms with van der Waals surface area (Å²) in [6, 6.07) is 3.66. The fraction of sp³-hybridized carbons (Fsp3) is 0.125. The number of nitrogens with two attached hydrogens (primary N) is 1. The molecule has 0 spiro atoms. The fourth-order valence-electron chi connectivity index (χ4n) is 0.846. The van der Waals surface area contributed by atoms with Crippen LogP contribution in [0.15, 0.2) is 18.2 Å². The average molecular weight is 169 g/mol. The van der Waals surface area contributed by atoms with Crippen molar-refractivity contribution in [1.29, 1.82) is 0 Å². The predicted molar refractivity (Wildman–Crippen MR) is 41.3 cm³/mol. The molecule has 1 aromatic carbocycles. The second kappa shape index (κ2) is 3.32. The van der Waals surface area contributed by atoms with Crippen molar-refractivity contribution in [1.82, 2.24) is 0 Å². The lowest BCUT2D eigenvalue weighted by Crippen LogP contribution is -2.03. The van der Waals surface area contributed by atoms with Gasteiger partial charge < -0.3 is 10.8 Å². The second-order valence-electron chi connectivity index (χ2n) is 2.32. The van der Waals surface area contributed by atoms with Crippen LogP contribution < -0.4 is 5.73 Å². The molecule has 0 saturated carbocycles. The van der Waals surface area contributed by atoms with Gasteiger partial charge in [-0.2, -0.15) is 0 Å². The monoisotopic (exact) mass is 169 g/mol. The van der Waals surface area contributed by atoms with E-state index in [1.165, 1.54) is 12.1 Å². The van der Waals surface area contributed by atoms with Crippen LogP contribution in [0, 0.1) is 5.82 Å². The molecular weight excluding hydrogens is 161 g/mol. The van der Waals surface area contributed by atoms with Gasteiger partial charge in [-0.15, -0.1) is 0 Å². The van der Waals surface area contributed by atoms with Crippen molar-refractivity contribution < 1.29 is 14.3 Å². The normalized spacial score (nSPS) is 9.83. The van der Waals surface area contributed by atoms with E-state index in [0.29, 0.717) is 5.56 Å². The van der Waals surface area contributed by atoms with E-state index in [1.54, 1.807) is 0 Å². The number of carbonyl (C=O) groups is 1. The molecule has 64 valence electrons. The predicted octanol–water partition coefficient (Wildman–Crippen LogP) is 0.983. The largest absolute Gasteiger partial charge is 0.478 e. The van der Waals surface area contributed by atoms with E-state index in [0.717, 1.165) is 6.07 Å². The van der Waals surface area contributed by atoms with Gasteiger partial charge in [0.05, 0.1) is 5.56 Å². The zero-order chi connectivity index (χ0) is 9.14. The first-order chi connectivity index (χ1) is 5.65. The summed E-state index contributed by atoms with van der Waals surface area (Å²) in [5.74, 6) is -1.71. The number of rotatable bonds is 2. The maximum absolute atomic E-state index is 12.9. The first-order valence-electron chi connectivity index (χ1n) is 3.37. The molecule has 0 amide bonds. The van der Waals surface area contributed by atoms with Crippen LogP contribution in [0.5, 0.6) is 0 Å². The Morgan fingerprint density at radius 3 is 2.67 bits per heavy atom. The maximum Gasteiger partial charge on any atom is 0.335 e. The molecule has 0 radical (unpaired) electrons. The number of aromatic carboxylic acids is 1. The number of carboxylic acids is 1. The summed E-state index contributed by atoms with van der Waals surface area (Å²) >= 11 is 0. The minimum absolute atomic E-state index is 0.0651. The van der Waals surface area contributed by atoms with Crippen molar-refractivity contribution in [2.45, 2.75) is 6.54 Å². The number of hydrogen-bond donors (Lipinski definition) is 2.